The van der Waals surface area contributed by atoms with E-state index in [1.165, 1.54) is 75.8 Å². The van der Waals surface area contributed by atoms with Crippen LogP contribution in [0.5, 0.6) is 0 Å². The molecule has 0 saturated heterocycles. The van der Waals surface area contributed by atoms with Gasteiger partial charge in [0.15, 0.2) is 0 Å². The molecule has 312 valence electrons. The van der Waals surface area contributed by atoms with Crippen LogP contribution >= 0.6 is 11.3 Å². The summed E-state index contributed by atoms with van der Waals surface area (Å²) in [5.41, 5.74) is 20.0. The largest absolute Gasteiger partial charge is 0.455 e. The van der Waals surface area contributed by atoms with Crippen LogP contribution in [0.1, 0.15) is 25.0 Å². The van der Waals surface area contributed by atoms with E-state index >= 15 is 0 Å². The normalized spacial score (nSPS) is 12.8. The molecule has 3 heteroatoms. The van der Waals surface area contributed by atoms with E-state index in [0.717, 1.165) is 50.1 Å². The Morgan fingerprint density at radius 1 is 0.364 bits per heavy atom. The first-order valence-corrected chi connectivity index (χ1v) is 23.5. The van der Waals surface area contributed by atoms with Crippen LogP contribution in [0.2, 0.25) is 0 Å². The molecule has 0 radical (unpaired) electrons. The fraction of sp³-hybridized carbons (Fsp3) is 0.0476. The highest BCUT2D eigenvalue weighted by Crippen LogP contribution is 2.51. The Bertz CT molecular complexity index is 3820. The van der Waals surface area contributed by atoms with Crippen LogP contribution in [0.15, 0.2) is 229 Å². The van der Waals surface area contributed by atoms with Gasteiger partial charge in [-0.15, -0.1) is 11.3 Å². The zero-order valence-electron chi connectivity index (χ0n) is 36.6. The maximum Gasteiger partial charge on any atom is 0.143 e. The van der Waals surface area contributed by atoms with Gasteiger partial charge >= 0.3 is 0 Å². The first-order chi connectivity index (χ1) is 32.5. The molecule has 0 unspecified atom stereocenters. The Kier molecular flexibility index (Phi) is 8.78. The van der Waals surface area contributed by atoms with E-state index in [-0.39, 0.29) is 5.41 Å². The molecular formula is C63H43NOS. The summed E-state index contributed by atoms with van der Waals surface area (Å²) in [5, 5.41) is 4.90. The van der Waals surface area contributed by atoms with Gasteiger partial charge in [-0.3, -0.25) is 0 Å². The van der Waals surface area contributed by atoms with Crippen molar-refractivity contribution in [1.82, 2.24) is 0 Å². The Labute approximate surface area is 388 Å². The molecule has 1 aliphatic carbocycles. The van der Waals surface area contributed by atoms with Gasteiger partial charge in [-0.2, -0.15) is 0 Å². The average molecular weight is 862 g/mol. The lowest BCUT2D eigenvalue weighted by molar-refractivity contribution is 0.660. The van der Waals surface area contributed by atoms with Crippen LogP contribution in [0, 0.1) is 0 Å². The molecule has 0 N–H and O–H groups in total. The van der Waals surface area contributed by atoms with E-state index < -0.39 is 0 Å². The molecule has 10 aromatic carbocycles. The molecule has 1 aliphatic rings. The monoisotopic (exact) mass is 861 g/mol. The van der Waals surface area contributed by atoms with Gasteiger partial charge in [0.2, 0.25) is 0 Å². The lowest BCUT2D eigenvalue weighted by Crippen LogP contribution is -2.15. The minimum atomic E-state index is -0.0912. The second-order valence-corrected chi connectivity index (χ2v) is 19.1. The molecule has 12 aromatic rings. The first kappa shape index (κ1) is 38.5. The highest BCUT2D eigenvalue weighted by molar-refractivity contribution is 7.25. The maximum atomic E-state index is 6.46. The van der Waals surface area contributed by atoms with Crippen LogP contribution in [-0.2, 0) is 5.41 Å². The van der Waals surface area contributed by atoms with Gasteiger partial charge in [0.05, 0.1) is 0 Å². The number of benzene rings is 10. The van der Waals surface area contributed by atoms with Crippen molar-refractivity contribution in [1.29, 1.82) is 0 Å². The van der Waals surface area contributed by atoms with Crippen molar-refractivity contribution < 1.29 is 4.42 Å². The van der Waals surface area contributed by atoms with Crippen LogP contribution in [0.3, 0.4) is 0 Å². The van der Waals surface area contributed by atoms with Crippen LogP contribution in [0.4, 0.5) is 17.1 Å². The second kappa shape index (κ2) is 15.1. The number of rotatable bonds is 7. The summed E-state index contributed by atoms with van der Waals surface area (Å²) in [6, 6.07) is 82.0. The Morgan fingerprint density at radius 2 is 0.909 bits per heavy atom. The predicted octanol–water partition coefficient (Wildman–Crippen LogP) is 18.4. The molecule has 66 heavy (non-hydrogen) atoms. The first-order valence-electron chi connectivity index (χ1n) is 22.7. The standard InChI is InChI=1S/C63H43NOS/c1-63(2)56-37-29-44(38-55(56)51-36-28-45(39-57(51)63)40-12-4-3-5-13-40)41-22-30-46(31-23-41)64(47-32-24-42(25-33-47)49-16-11-21-60-61(49)54-15-7-9-20-59(54)66-60)48-34-26-43(27-35-48)50-17-10-18-53-52-14-6-8-19-58(52)65-62(50)53/h3-39H,1-2H3. The highest BCUT2D eigenvalue weighted by Gasteiger charge is 2.36. The lowest BCUT2D eigenvalue weighted by atomic mass is 9.81. The molecule has 0 fully saturated rings. The van der Waals surface area contributed by atoms with Crippen molar-refractivity contribution in [2.75, 3.05) is 4.90 Å². The number of thiophene rings is 1. The van der Waals surface area contributed by atoms with Gasteiger partial charge in [-0.1, -0.05) is 172 Å². The van der Waals surface area contributed by atoms with Gasteiger partial charge in [0.1, 0.15) is 11.2 Å². The van der Waals surface area contributed by atoms with Crippen molar-refractivity contribution >= 4 is 70.5 Å². The van der Waals surface area contributed by atoms with Gasteiger partial charge in [-0.05, 0) is 128 Å². The van der Waals surface area contributed by atoms with Gasteiger partial charge in [0.25, 0.3) is 0 Å². The number of fused-ring (bicyclic) bond motifs is 9. The second-order valence-electron chi connectivity index (χ2n) is 18.0. The van der Waals surface area contributed by atoms with Gasteiger partial charge in [-0.25, -0.2) is 0 Å². The average Bonchev–Trinajstić information content (AvgIpc) is 4.02. The minimum absolute atomic E-state index is 0.0912. The number of nitrogens with zero attached hydrogens (tertiary/aromatic N) is 1. The summed E-state index contributed by atoms with van der Waals surface area (Å²) in [7, 11) is 0. The van der Waals surface area contributed by atoms with E-state index in [1.54, 1.807) is 0 Å². The lowest BCUT2D eigenvalue weighted by Gasteiger charge is -2.26. The van der Waals surface area contributed by atoms with Crippen LogP contribution < -0.4 is 4.90 Å². The van der Waals surface area contributed by atoms with Crippen LogP contribution in [0.25, 0.3) is 97.7 Å². The van der Waals surface area contributed by atoms with E-state index in [2.05, 4.69) is 231 Å². The van der Waals surface area contributed by atoms with E-state index in [9.17, 15) is 0 Å². The fourth-order valence-electron chi connectivity index (χ4n) is 10.6. The van der Waals surface area contributed by atoms with Crippen molar-refractivity contribution in [3.63, 3.8) is 0 Å². The molecule has 0 amide bonds. The molecule has 0 aliphatic heterocycles. The fourth-order valence-corrected chi connectivity index (χ4v) is 11.7. The summed E-state index contributed by atoms with van der Waals surface area (Å²) in [4.78, 5) is 2.37. The summed E-state index contributed by atoms with van der Waals surface area (Å²) in [6.07, 6.45) is 0. The van der Waals surface area contributed by atoms with Crippen LogP contribution in [-0.4, -0.2) is 0 Å². The van der Waals surface area contributed by atoms with Crippen molar-refractivity contribution in [3.05, 3.63) is 236 Å². The zero-order chi connectivity index (χ0) is 43.9. The minimum Gasteiger partial charge on any atom is -0.455 e. The quantitative estimate of drug-likeness (QED) is 0.159. The molecule has 0 bridgehead atoms. The summed E-state index contributed by atoms with van der Waals surface area (Å²) >= 11 is 1.86. The third-order valence-corrected chi connectivity index (χ3v) is 15.1. The number of anilines is 3. The SMILES string of the molecule is CC1(C)c2ccc(-c3ccc(N(c4ccc(-c5cccc6c5oc5ccccc56)cc4)c4ccc(-c5cccc6sc7ccccc7c56)cc4)cc3)cc2-c2ccc(-c3ccccc3)cc21. The maximum absolute atomic E-state index is 6.46. The molecular weight excluding hydrogens is 819 g/mol. The summed E-state index contributed by atoms with van der Waals surface area (Å²) in [5.74, 6) is 0. The number of furan rings is 1. The van der Waals surface area contributed by atoms with E-state index in [1.807, 2.05) is 23.5 Å². The summed E-state index contributed by atoms with van der Waals surface area (Å²) < 4.78 is 9.09. The topological polar surface area (TPSA) is 16.4 Å². The molecule has 0 atom stereocenters. The molecule has 2 nitrogen and oxygen atoms in total. The Balaban J connectivity index is 0.881. The molecule has 2 heterocycles. The van der Waals surface area contributed by atoms with Gasteiger partial charge < -0.3 is 9.32 Å². The predicted molar refractivity (Wildman–Crippen MR) is 281 cm³/mol. The van der Waals surface area contributed by atoms with Gasteiger partial charge in [0, 0.05) is 59.0 Å². The van der Waals surface area contributed by atoms with E-state index in [4.69, 9.17) is 4.42 Å². The zero-order valence-corrected chi connectivity index (χ0v) is 37.4. The number of para-hydroxylation sites is 2. The van der Waals surface area contributed by atoms with Crippen molar-refractivity contribution in [3.8, 4) is 55.6 Å². The molecule has 0 saturated carbocycles. The number of hydrogen-bond donors (Lipinski definition) is 0. The third-order valence-electron chi connectivity index (χ3n) is 13.9. The van der Waals surface area contributed by atoms with Crippen molar-refractivity contribution in [2.45, 2.75) is 19.3 Å². The summed E-state index contributed by atoms with van der Waals surface area (Å²) in [6.45, 7) is 4.72. The Hall–Kier alpha value is -7.98. The molecule has 13 rings (SSSR count). The number of hydrogen-bond acceptors (Lipinski definition) is 3. The smallest absolute Gasteiger partial charge is 0.143 e. The highest BCUT2D eigenvalue weighted by atomic mass is 32.1. The van der Waals surface area contributed by atoms with E-state index in [0.29, 0.717) is 0 Å². The third kappa shape index (κ3) is 6.15. The molecule has 0 spiro atoms. The van der Waals surface area contributed by atoms with Crippen molar-refractivity contribution in [2.24, 2.45) is 0 Å². The Morgan fingerprint density at radius 3 is 1.67 bits per heavy atom. The molecule has 2 aromatic heterocycles.